The van der Waals surface area contributed by atoms with Crippen LogP contribution in [0.3, 0.4) is 0 Å². The van der Waals surface area contributed by atoms with Crippen LogP contribution in [0.25, 0.3) is 0 Å². The minimum atomic E-state index is -1.13. The van der Waals surface area contributed by atoms with Crippen LogP contribution in [0.4, 0.5) is 11.4 Å². The van der Waals surface area contributed by atoms with E-state index in [1.165, 1.54) is 5.56 Å². The number of methoxy groups -OCH3 is 1. The molecule has 0 radical (unpaired) electrons. The molecule has 2 heterocycles. The Kier molecular flexibility index (Phi) is 6.07. The smallest absolute Gasteiger partial charge is 0.236 e. The molecule has 35 heavy (non-hydrogen) atoms. The number of nitrogens with zero attached hydrogens (tertiary/aromatic N) is 1. The molecule has 3 aromatic rings. The van der Waals surface area contributed by atoms with Crippen LogP contribution in [0.2, 0.25) is 5.02 Å². The molecule has 0 aliphatic carbocycles. The molecule has 180 valence electrons. The van der Waals surface area contributed by atoms with Crippen molar-refractivity contribution in [2.45, 2.75) is 32.0 Å². The predicted molar refractivity (Wildman–Crippen MR) is 142 cm³/mol. The lowest BCUT2D eigenvalue weighted by Gasteiger charge is -2.56. The first-order valence-corrected chi connectivity index (χ1v) is 12.3. The van der Waals surface area contributed by atoms with E-state index >= 15 is 0 Å². The van der Waals surface area contributed by atoms with Crippen LogP contribution in [-0.4, -0.2) is 23.9 Å². The summed E-state index contributed by atoms with van der Waals surface area (Å²) in [6.07, 6.45) is 0.926. The largest absolute Gasteiger partial charge is 0.493 e. The Morgan fingerprint density at radius 1 is 1.17 bits per heavy atom. The van der Waals surface area contributed by atoms with Gasteiger partial charge >= 0.3 is 0 Å². The lowest BCUT2D eigenvalue weighted by Crippen LogP contribution is -2.72. The Hall–Kier alpha value is -3.29. The van der Waals surface area contributed by atoms with Crippen molar-refractivity contribution in [3.63, 3.8) is 0 Å². The van der Waals surface area contributed by atoms with Gasteiger partial charge in [0.05, 0.1) is 13.2 Å². The fraction of sp³-hybridized carbons (Fsp3) is 0.259. The number of halogens is 1. The number of nitrogens with one attached hydrogen (secondary N) is 2. The van der Waals surface area contributed by atoms with Crippen molar-refractivity contribution in [1.29, 1.82) is 0 Å². The first kappa shape index (κ1) is 23.5. The molecule has 2 bridgehead atoms. The molecule has 3 aromatic carbocycles. The minimum Gasteiger partial charge on any atom is -0.493 e. The number of hydrogen-bond acceptors (Lipinski definition) is 4. The van der Waals surface area contributed by atoms with E-state index in [0.29, 0.717) is 27.3 Å². The van der Waals surface area contributed by atoms with Crippen LogP contribution >= 0.6 is 23.8 Å². The van der Waals surface area contributed by atoms with Gasteiger partial charge in [0.15, 0.2) is 22.3 Å². The van der Waals surface area contributed by atoms with E-state index in [0.717, 1.165) is 17.7 Å². The second-order valence-electron chi connectivity index (χ2n) is 8.79. The molecule has 5 rings (SSSR count). The number of aryl methyl sites for hydroxylation is 1. The molecule has 3 atom stereocenters. The molecular formula is C27H26ClN3O3S. The molecule has 0 saturated carbocycles. The standard InChI is InChI=1S/C27H26ClN3O3S/c1-4-16-8-14-19(15-9-16)31-26(35)30-23-20-6-5-7-21(33-3)24(20)34-27(31,2)22(23)25(32)29-18-12-10-17(28)11-13-18/h5-15,22-23H,4H2,1-3H3,(H,29,32)(H,30,35)/t22-,23+,27+/m0/s1. The minimum absolute atomic E-state index is 0.196. The third-order valence-corrected chi connectivity index (χ3v) is 7.26. The number of carbonyl (C=O) groups excluding carboxylic acids is 1. The average Bonchev–Trinajstić information content (AvgIpc) is 2.85. The first-order chi connectivity index (χ1) is 16.9. The maximum absolute atomic E-state index is 13.9. The third kappa shape index (κ3) is 3.98. The molecule has 2 aliphatic heterocycles. The molecule has 0 aromatic heterocycles. The van der Waals surface area contributed by atoms with E-state index < -0.39 is 17.7 Å². The van der Waals surface area contributed by atoms with Crippen molar-refractivity contribution in [2.75, 3.05) is 17.3 Å². The SMILES string of the molecule is CCc1ccc(N2C(=S)N[C@@H]3c4cccc(OC)c4O[C@]2(C)[C@@H]3C(=O)Nc2ccc(Cl)cc2)cc1. The number of fused-ring (bicyclic) bond motifs is 4. The summed E-state index contributed by atoms with van der Waals surface area (Å²) in [7, 11) is 1.61. The van der Waals surface area contributed by atoms with Crippen LogP contribution < -0.4 is 25.0 Å². The summed E-state index contributed by atoms with van der Waals surface area (Å²) in [5.74, 6) is 0.364. The van der Waals surface area contributed by atoms with Crippen molar-refractivity contribution in [1.82, 2.24) is 5.32 Å². The topological polar surface area (TPSA) is 62.8 Å². The van der Waals surface area contributed by atoms with Crippen molar-refractivity contribution >= 4 is 46.2 Å². The molecule has 0 spiro atoms. The highest BCUT2D eigenvalue weighted by molar-refractivity contribution is 7.80. The maximum Gasteiger partial charge on any atom is 0.236 e. The van der Waals surface area contributed by atoms with Crippen molar-refractivity contribution < 1.29 is 14.3 Å². The molecule has 6 nitrogen and oxygen atoms in total. The highest BCUT2D eigenvalue weighted by Gasteiger charge is 2.59. The molecule has 2 aliphatic rings. The third-order valence-electron chi connectivity index (χ3n) is 6.71. The van der Waals surface area contributed by atoms with Gasteiger partial charge in [0.2, 0.25) is 5.91 Å². The summed E-state index contributed by atoms with van der Waals surface area (Å²) >= 11 is 11.9. The van der Waals surface area contributed by atoms with Gasteiger partial charge in [-0.2, -0.15) is 0 Å². The number of hydrogen-bond donors (Lipinski definition) is 2. The molecule has 1 fully saturated rings. The van der Waals surface area contributed by atoms with Crippen LogP contribution in [0.1, 0.15) is 31.0 Å². The summed E-state index contributed by atoms with van der Waals surface area (Å²) < 4.78 is 12.3. The van der Waals surface area contributed by atoms with Gasteiger partial charge in [-0.1, -0.05) is 42.8 Å². The van der Waals surface area contributed by atoms with Crippen molar-refractivity contribution in [3.8, 4) is 11.5 Å². The molecule has 1 amide bonds. The second kappa shape index (κ2) is 9.06. The van der Waals surface area contributed by atoms with Gasteiger partial charge in [-0.05, 0) is 73.6 Å². The maximum atomic E-state index is 13.9. The van der Waals surface area contributed by atoms with Gasteiger partial charge in [-0.3, -0.25) is 9.69 Å². The van der Waals surface area contributed by atoms with Crippen LogP contribution in [0, 0.1) is 5.92 Å². The van der Waals surface area contributed by atoms with Gasteiger partial charge < -0.3 is 20.1 Å². The zero-order valence-corrected chi connectivity index (χ0v) is 21.2. The highest BCUT2D eigenvalue weighted by atomic mass is 35.5. The summed E-state index contributed by atoms with van der Waals surface area (Å²) in [5, 5.41) is 7.55. The fourth-order valence-corrected chi connectivity index (χ4v) is 5.49. The second-order valence-corrected chi connectivity index (χ2v) is 9.61. The van der Waals surface area contributed by atoms with E-state index in [4.69, 9.17) is 33.3 Å². The van der Waals surface area contributed by atoms with E-state index in [1.54, 1.807) is 31.4 Å². The summed E-state index contributed by atoms with van der Waals surface area (Å²) in [5.41, 5.74) is 2.39. The Bertz CT molecular complexity index is 1280. The van der Waals surface area contributed by atoms with Crippen LogP contribution in [-0.2, 0) is 11.2 Å². The van der Waals surface area contributed by atoms with Crippen LogP contribution in [0.15, 0.2) is 66.7 Å². The first-order valence-electron chi connectivity index (χ1n) is 11.5. The van der Waals surface area contributed by atoms with Gasteiger partial charge in [-0.15, -0.1) is 0 Å². The fourth-order valence-electron chi connectivity index (χ4n) is 4.95. The molecule has 1 saturated heterocycles. The zero-order valence-electron chi connectivity index (χ0n) is 19.7. The lowest BCUT2D eigenvalue weighted by atomic mass is 9.78. The Labute approximate surface area is 215 Å². The number of rotatable bonds is 5. The summed E-state index contributed by atoms with van der Waals surface area (Å²) in [6.45, 7) is 4.01. The van der Waals surface area contributed by atoms with Gasteiger partial charge in [0.1, 0.15) is 5.92 Å². The number of para-hydroxylation sites is 1. The number of carbonyl (C=O) groups is 1. The average molecular weight is 508 g/mol. The predicted octanol–water partition coefficient (Wildman–Crippen LogP) is 5.71. The van der Waals surface area contributed by atoms with E-state index in [1.807, 2.05) is 42.2 Å². The molecule has 2 N–H and O–H groups in total. The number of anilines is 2. The lowest BCUT2D eigenvalue weighted by molar-refractivity contribution is -0.130. The monoisotopic (exact) mass is 507 g/mol. The number of amides is 1. The Morgan fingerprint density at radius 2 is 1.89 bits per heavy atom. The van der Waals surface area contributed by atoms with Crippen LogP contribution in [0.5, 0.6) is 11.5 Å². The number of ether oxygens (including phenoxy) is 2. The van der Waals surface area contributed by atoms with Gasteiger partial charge in [-0.25, -0.2) is 0 Å². The number of thiocarbonyl (C=S) groups is 1. The molecule has 8 heteroatoms. The van der Waals surface area contributed by atoms with E-state index in [-0.39, 0.29) is 5.91 Å². The zero-order chi connectivity index (χ0) is 24.7. The quantitative estimate of drug-likeness (QED) is 0.431. The van der Waals surface area contributed by atoms with Gasteiger partial charge in [0, 0.05) is 22.0 Å². The van der Waals surface area contributed by atoms with Crippen molar-refractivity contribution in [3.05, 3.63) is 82.9 Å². The van der Waals surface area contributed by atoms with Crippen molar-refractivity contribution in [2.24, 2.45) is 5.92 Å². The van der Waals surface area contributed by atoms with E-state index in [2.05, 4.69) is 29.7 Å². The summed E-state index contributed by atoms with van der Waals surface area (Å²) in [6, 6.07) is 20.4. The Balaban J connectivity index is 1.62. The summed E-state index contributed by atoms with van der Waals surface area (Å²) in [4.78, 5) is 15.7. The van der Waals surface area contributed by atoms with Gasteiger partial charge in [0.25, 0.3) is 0 Å². The molecular weight excluding hydrogens is 482 g/mol. The highest BCUT2D eigenvalue weighted by Crippen LogP contribution is 2.52. The number of benzene rings is 3. The molecule has 0 unspecified atom stereocenters. The van der Waals surface area contributed by atoms with E-state index in [9.17, 15) is 4.79 Å². The normalized spacial score (nSPS) is 22.5. The Morgan fingerprint density at radius 3 is 2.54 bits per heavy atom.